The van der Waals surface area contributed by atoms with Crippen molar-refractivity contribution in [2.24, 2.45) is 0 Å². The Labute approximate surface area is 146 Å². The van der Waals surface area contributed by atoms with Gasteiger partial charge in [-0.3, -0.25) is 0 Å². The Bertz CT molecular complexity index is 751. The van der Waals surface area contributed by atoms with Crippen LogP contribution in [0.4, 0.5) is 0 Å². The van der Waals surface area contributed by atoms with Gasteiger partial charge in [0.05, 0.1) is 5.69 Å². The van der Waals surface area contributed by atoms with Crippen molar-refractivity contribution < 1.29 is 0 Å². The van der Waals surface area contributed by atoms with Crippen LogP contribution in [0.25, 0.3) is 11.3 Å². The first kappa shape index (κ1) is 16.8. The fourth-order valence-corrected chi connectivity index (χ4v) is 2.07. The molecular weight excluding hydrogens is 368 g/mol. The lowest BCUT2D eigenvalue weighted by Crippen LogP contribution is -1.88. The minimum absolute atomic E-state index is 0.178. The fourth-order valence-electron chi connectivity index (χ4n) is 1.38. The van der Waals surface area contributed by atoms with Crippen LogP contribution in [-0.2, 0) is 0 Å². The molecule has 3 heterocycles. The summed E-state index contributed by atoms with van der Waals surface area (Å²) in [6.07, 6.45) is 4.69. The van der Waals surface area contributed by atoms with E-state index in [-0.39, 0.29) is 10.6 Å². The van der Waals surface area contributed by atoms with Gasteiger partial charge in [-0.15, -0.1) is 0 Å². The predicted molar refractivity (Wildman–Crippen MR) is 87.3 cm³/mol. The maximum absolute atomic E-state index is 5.90. The molecule has 3 aromatic heterocycles. The van der Waals surface area contributed by atoms with Gasteiger partial charge in [-0.2, -0.15) is 0 Å². The van der Waals surface area contributed by atoms with E-state index < -0.39 is 0 Å². The smallest absolute Gasteiger partial charge is 0.223 e. The van der Waals surface area contributed by atoms with Crippen molar-refractivity contribution in [1.29, 1.82) is 0 Å². The zero-order chi connectivity index (χ0) is 15.9. The topological polar surface area (TPSA) is 64.5 Å². The Morgan fingerprint density at radius 3 is 1.91 bits per heavy atom. The van der Waals surface area contributed by atoms with Gasteiger partial charge in [-0.05, 0) is 47.5 Å². The molecule has 3 aromatic rings. The van der Waals surface area contributed by atoms with Crippen LogP contribution in [0, 0.1) is 0 Å². The first-order chi connectivity index (χ1) is 10.6. The summed E-state index contributed by atoms with van der Waals surface area (Å²) in [6.45, 7) is 0. The molecule has 0 unspecified atom stereocenters. The van der Waals surface area contributed by atoms with E-state index in [1.165, 1.54) is 6.20 Å². The highest BCUT2D eigenvalue weighted by Crippen LogP contribution is 2.23. The van der Waals surface area contributed by atoms with Crippen LogP contribution in [-0.4, -0.2) is 24.9 Å². The lowest BCUT2D eigenvalue weighted by Gasteiger charge is -2.01. The molecule has 22 heavy (non-hydrogen) atoms. The average molecular weight is 375 g/mol. The fraction of sp³-hybridized carbons (Fsp3) is 0. The summed E-state index contributed by atoms with van der Waals surface area (Å²) in [7, 11) is 0. The molecule has 5 nitrogen and oxygen atoms in total. The van der Waals surface area contributed by atoms with Gasteiger partial charge in [-0.25, -0.2) is 24.9 Å². The second-order valence-electron chi connectivity index (χ2n) is 3.70. The molecule has 9 heteroatoms. The predicted octanol–water partition coefficient (Wildman–Crippen LogP) is 4.63. The molecule has 0 radical (unpaired) electrons. The standard InChI is InChI=1S/C9H5Cl2N3.C4H2Cl2N2/c10-8-6(2-1-4-12-8)7-3-5-13-9(11)14-7;5-3-1-2-7-4(6)8-3/h1-5H;1-2H. The quantitative estimate of drug-likeness (QED) is 0.353. The summed E-state index contributed by atoms with van der Waals surface area (Å²) >= 11 is 22.3. The first-order valence-electron chi connectivity index (χ1n) is 5.80. The molecule has 0 aliphatic rings. The highest BCUT2D eigenvalue weighted by Gasteiger charge is 2.05. The third-order valence-corrected chi connectivity index (χ3v) is 3.13. The van der Waals surface area contributed by atoms with Gasteiger partial charge in [0.2, 0.25) is 10.6 Å². The second kappa shape index (κ2) is 8.19. The summed E-state index contributed by atoms with van der Waals surface area (Å²) in [5.74, 6) is 0. The van der Waals surface area contributed by atoms with Crippen molar-refractivity contribution in [3.05, 3.63) is 63.7 Å². The van der Waals surface area contributed by atoms with Crippen LogP contribution < -0.4 is 0 Å². The molecule has 0 aliphatic heterocycles. The van der Waals surface area contributed by atoms with Crippen LogP contribution in [0.2, 0.25) is 20.9 Å². The Morgan fingerprint density at radius 2 is 1.36 bits per heavy atom. The van der Waals surface area contributed by atoms with Crippen LogP contribution in [0.3, 0.4) is 0 Å². The minimum atomic E-state index is 0.178. The van der Waals surface area contributed by atoms with Crippen molar-refractivity contribution in [1.82, 2.24) is 24.9 Å². The van der Waals surface area contributed by atoms with Gasteiger partial charge >= 0.3 is 0 Å². The monoisotopic (exact) mass is 373 g/mol. The molecular formula is C13H7Cl4N5. The summed E-state index contributed by atoms with van der Waals surface area (Å²) in [6, 6.07) is 6.91. The largest absolute Gasteiger partial charge is 0.244 e. The number of hydrogen-bond donors (Lipinski definition) is 0. The van der Waals surface area contributed by atoms with Crippen molar-refractivity contribution in [2.75, 3.05) is 0 Å². The van der Waals surface area contributed by atoms with Crippen LogP contribution >= 0.6 is 46.4 Å². The van der Waals surface area contributed by atoms with Gasteiger partial charge < -0.3 is 0 Å². The highest BCUT2D eigenvalue weighted by atomic mass is 35.5. The summed E-state index contributed by atoms with van der Waals surface area (Å²) < 4.78 is 0. The summed E-state index contributed by atoms with van der Waals surface area (Å²) in [4.78, 5) is 19.0. The van der Waals surface area contributed by atoms with Gasteiger partial charge in [-0.1, -0.05) is 23.2 Å². The molecule has 0 aliphatic carbocycles. The molecule has 0 spiro atoms. The minimum Gasteiger partial charge on any atom is -0.244 e. The number of pyridine rings is 1. The van der Waals surface area contributed by atoms with Gasteiger partial charge in [0.1, 0.15) is 10.3 Å². The van der Waals surface area contributed by atoms with Crippen molar-refractivity contribution in [2.45, 2.75) is 0 Å². The normalized spacial score (nSPS) is 9.82. The zero-order valence-electron chi connectivity index (χ0n) is 10.8. The van der Waals surface area contributed by atoms with Crippen LogP contribution in [0.5, 0.6) is 0 Å². The highest BCUT2D eigenvalue weighted by molar-refractivity contribution is 6.32. The molecule has 0 fully saturated rings. The summed E-state index contributed by atoms with van der Waals surface area (Å²) in [5.41, 5.74) is 1.42. The average Bonchev–Trinajstić information content (AvgIpc) is 2.48. The molecule has 0 atom stereocenters. The van der Waals surface area contributed by atoms with Gasteiger partial charge in [0.15, 0.2) is 0 Å². The second-order valence-corrected chi connectivity index (χ2v) is 5.12. The van der Waals surface area contributed by atoms with E-state index >= 15 is 0 Å². The molecule has 112 valence electrons. The SMILES string of the molecule is Clc1ccnc(Cl)n1.Clc1nccc(-c2cccnc2Cl)n1. The number of hydrogen-bond acceptors (Lipinski definition) is 5. The molecule has 0 aromatic carbocycles. The van der Waals surface area contributed by atoms with E-state index in [1.54, 1.807) is 30.6 Å². The molecule has 0 N–H and O–H groups in total. The zero-order valence-corrected chi connectivity index (χ0v) is 13.8. The van der Waals surface area contributed by atoms with E-state index in [2.05, 4.69) is 24.9 Å². The maximum atomic E-state index is 5.90. The van der Waals surface area contributed by atoms with Gasteiger partial charge in [0.25, 0.3) is 0 Å². The maximum Gasteiger partial charge on any atom is 0.223 e. The summed E-state index contributed by atoms with van der Waals surface area (Å²) in [5, 5.41) is 1.15. The van der Waals surface area contributed by atoms with Crippen molar-refractivity contribution in [3.63, 3.8) is 0 Å². The lowest BCUT2D eigenvalue weighted by atomic mass is 10.2. The Kier molecular flexibility index (Phi) is 6.27. The van der Waals surface area contributed by atoms with Crippen LogP contribution in [0.1, 0.15) is 0 Å². The Hall–Kier alpha value is -1.53. The molecule has 0 amide bonds. The Morgan fingerprint density at radius 1 is 0.682 bits per heavy atom. The van der Waals surface area contributed by atoms with Crippen LogP contribution in [0.15, 0.2) is 42.9 Å². The third kappa shape index (κ3) is 5.03. The molecule has 0 saturated carbocycles. The lowest BCUT2D eigenvalue weighted by molar-refractivity contribution is 1.17. The van der Waals surface area contributed by atoms with Crippen molar-refractivity contribution in [3.8, 4) is 11.3 Å². The van der Waals surface area contributed by atoms with E-state index in [0.29, 0.717) is 16.0 Å². The molecule has 3 rings (SSSR count). The number of nitrogens with zero attached hydrogens (tertiary/aromatic N) is 5. The van der Waals surface area contributed by atoms with E-state index in [1.807, 2.05) is 6.07 Å². The number of aromatic nitrogens is 5. The molecule has 0 bridgehead atoms. The van der Waals surface area contributed by atoms with E-state index in [0.717, 1.165) is 5.56 Å². The molecule has 0 saturated heterocycles. The van der Waals surface area contributed by atoms with Crippen molar-refractivity contribution >= 4 is 46.4 Å². The van der Waals surface area contributed by atoms with E-state index in [4.69, 9.17) is 46.4 Å². The first-order valence-corrected chi connectivity index (χ1v) is 7.31. The number of rotatable bonds is 1. The van der Waals surface area contributed by atoms with E-state index in [9.17, 15) is 0 Å². The number of halogens is 4. The third-order valence-electron chi connectivity index (χ3n) is 2.25. The van der Waals surface area contributed by atoms with Gasteiger partial charge in [0, 0.05) is 24.2 Å². The Balaban J connectivity index is 0.000000188.